The molecule has 0 atom stereocenters. The van der Waals surface area contributed by atoms with E-state index in [1.54, 1.807) is 7.11 Å². The molecule has 1 aliphatic rings. The Labute approximate surface area is 154 Å². The molecule has 6 heteroatoms. The minimum Gasteiger partial charge on any atom is -0.382 e. The van der Waals surface area contributed by atoms with Gasteiger partial charge >= 0.3 is 0 Å². The Hall–Kier alpha value is -0.530. The van der Waals surface area contributed by atoms with Gasteiger partial charge in [0.25, 0.3) is 0 Å². The molecule has 0 spiro atoms. The molecule has 0 aliphatic carbocycles. The van der Waals surface area contributed by atoms with Crippen LogP contribution in [-0.2, 0) is 23.7 Å². The molecule has 1 aliphatic heterocycles. The van der Waals surface area contributed by atoms with E-state index < -0.39 is 0 Å². The number of ketones is 1. The molecule has 6 nitrogen and oxygen atoms in total. The third-order valence-corrected chi connectivity index (χ3v) is 4.12. The number of piperidine rings is 1. The third kappa shape index (κ3) is 13.3. The summed E-state index contributed by atoms with van der Waals surface area (Å²) in [5.74, 6) is 0.709. The van der Waals surface area contributed by atoms with Gasteiger partial charge in [0.2, 0.25) is 0 Å². The van der Waals surface area contributed by atoms with Gasteiger partial charge in [-0.05, 0) is 25.9 Å². The predicted molar refractivity (Wildman–Crippen MR) is 100 cm³/mol. The molecule has 0 bridgehead atoms. The van der Waals surface area contributed by atoms with Gasteiger partial charge in [0, 0.05) is 26.0 Å². The monoisotopic (exact) mass is 361 g/mol. The lowest BCUT2D eigenvalue weighted by Gasteiger charge is -2.30. The summed E-state index contributed by atoms with van der Waals surface area (Å²) in [5.41, 5.74) is 0. The van der Waals surface area contributed by atoms with Crippen molar-refractivity contribution >= 4 is 5.78 Å². The molecule has 0 amide bonds. The number of likely N-dealkylation sites (tertiary alicyclic amines) is 1. The molecule has 0 aromatic carbocycles. The molecule has 0 N–H and O–H groups in total. The van der Waals surface area contributed by atoms with Crippen molar-refractivity contribution in [2.45, 2.75) is 40.0 Å². The zero-order valence-electron chi connectivity index (χ0n) is 16.8. The lowest BCUT2D eigenvalue weighted by atomic mass is 9.91. The fourth-order valence-electron chi connectivity index (χ4n) is 2.65. The van der Waals surface area contributed by atoms with Crippen LogP contribution in [0.15, 0.2) is 0 Å². The van der Waals surface area contributed by atoms with Crippen LogP contribution in [0.2, 0.25) is 0 Å². The number of ether oxygens (including phenoxy) is 4. The Morgan fingerprint density at radius 2 is 1.36 bits per heavy atom. The first-order valence-corrected chi connectivity index (χ1v) is 9.75. The summed E-state index contributed by atoms with van der Waals surface area (Å²) in [5, 5.41) is 0. The van der Waals surface area contributed by atoms with E-state index in [2.05, 4.69) is 4.90 Å². The predicted octanol–water partition coefficient (Wildman–Crippen LogP) is 2.40. The van der Waals surface area contributed by atoms with Gasteiger partial charge in [-0.3, -0.25) is 4.79 Å². The van der Waals surface area contributed by atoms with Crippen molar-refractivity contribution in [2.75, 3.05) is 73.0 Å². The Morgan fingerprint density at radius 3 is 1.84 bits per heavy atom. The van der Waals surface area contributed by atoms with E-state index in [4.69, 9.17) is 18.9 Å². The Kier molecular flexibility index (Phi) is 17.9. The standard InChI is InChI=1S/C17H33NO5.C2H6/c1-3-17(19)16-4-6-18(7-5-16)8-9-21-12-13-23-15-14-22-11-10-20-2;1-2/h16H,3-15H2,1-2H3;1-2H3. The van der Waals surface area contributed by atoms with Crippen LogP contribution >= 0.6 is 0 Å². The average molecular weight is 362 g/mol. The maximum atomic E-state index is 11.7. The van der Waals surface area contributed by atoms with Crippen LogP contribution in [0.25, 0.3) is 0 Å². The van der Waals surface area contributed by atoms with Crippen LogP contribution in [0.4, 0.5) is 0 Å². The van der Waals surface area contributed by atoms with Gasteiger partial charge in [-0.2, -0.15) is 0 Å². The molecule has 1 rings (SSSR count). The number of carbonyl (C=O) groups excluding carboxylic acids is 1. The molecule has 0 radical (unpaired) electrons. The smallest absolute Gasteiger partial charge is 0.135 e. The highest BCUT2D eigenvalue weighted by atomic mass is 16.6. The third-order valence-electron chi connectivity index (χ3n) is 4.12. The number of hydrogen-bond donors (Lipinski definition) is 0. The fourth-order valence-corrected chi connectivity index (χ4v) is 2.65. The van der Waals surface area contributed by atoms with Gasteiger partial charge in [-0.25, -0.2) is 0 Å². The number of carbonyl (C=O) groups is 1. The lowest BCUT2D eigenvalue weighted by Crippen LogP contribution is -2.38. The summed E-state index contributed by atoms with van der Waals surface area (Å²) in [6.07, 6.45) is 2.67. The van der Waals surface area contributed by atoms with Crippen LogP contribution in [0.3, 0.4) is 0 Å². The van der Waals surface area contributed by atoms with Gasteiger partial charge in [0.1, 0.15) is 5.78 Å². The number of hydrogen-bond acceptors (Lipinski definition) is 6. The Balaban J connectivity index is 0.00000277. The van der Waals surface area contributed by atoms with E-state index >= 15 is 0 Å². The van der Waals surface area contributed by atoms with Crippen LogP contribution < -0.4 is 0 Å². The van der Waals surface area contributed by atoms with Crippen LogP contribution in [0, 0.1) is 5.92 Å². The maximum Gasteiger partial charge on any atom is 0.135 e. The molecule has 0 aromatic rings. The first-order valence-electron chi connectivity index (χ1n) is 9.75. The largest absolute Gasteiger partial charge is 0.382 e. The second-order valence-corrected chi connectivity index (χ2v) is 5.77. The van der Waals surface area contributed by atoms with Crippen molar-refractivity contribution in [3.05, 3.63) is 0 Å². The van der Waals surface area contributed by atoms with Crippen molar-refractivity contribution < 1.29 is 23.7 Å². The van der Waals surface area contributed by atoms with Gasteiger partial charge in [0.15, 0.2) is 0 Å². The van der Waals surface area contributed by atoms with Crippen LogP contribution in [0.1, 0.15) is 40.0 Å². The molecule has 25 heavy (non-hydrogen) atoms. The number of methoxy groups -OCH3 is 1. The summed E-state index contributed by atoms with van der Waals surface area (Å²) < 4.78 is 21.2. The number of Topliss-reactive ketones (excluding diaryl/α,β-unsaturated/α-hetero) is 1. The lowest BCUT2D eigenvalue weighted by molar-refractivity contribution is -0.124. The maximum absolute atomic E-state index is 11.7. The van der Waals surface area contributed by atoms with Crippen molar-refractivity contribution in [1.82, 2.24) is 4.90 Å². The summed E-state index contributed by atoms with van der Waals surface area (Å²) in [6.45, 7) is 13.3. The number of nitrogens with zero attached hydrogens (tertiary/aromatic N) is 1. The zero-order valence-corrected chi connectivity index (χ0v) is 16.8. The SMILES string of the molecule is CC.CCC(=O)C1CCN(CCOCCOCCOCCOC)CC1. The van der Waals surface area contributed by atoms with Gasteiger partial charge in [-0.1, -0.05) is 20.8 Å². The molecular formula is C19H39NO5. The van der Waals surface area contributed by atoms with E-state index in [9.17, 15) is 4.79 Å². The highest BCUT2D eigenvalue weighted by molar-refractivity contribution is 5.80. The Morgan fingerprint density at radius 1 is 0.880 bits per heavy atom. The normalized spacial score (nSPS) is 15.7. The van der Waals surface area contributed by atoms with E-state index in [0.717, 1.165) is 39.1 Å². The average Bonchev–Trinajstić information content (AvgIpc) is 2.67. The first kappa shape index (κ1) is 24.5. The van der Waals surface area contributed by atoms with Gasteiger partial charge in [-0.15, -0.1) is 0 Å². The van der Waals surface area contributed by atoms with E-state index in [1.807, 2.05) is 20.8 Å². The number of rotatable bonds is 14. The summed E-state index contributed by atoms with van der Waals surface area (Å²) in [4.78, 5) is 14.0. The van der Waals surface area contributed by atoms with Gasteiger partial charge < -0.3 is 23.8 Å². The molecule has 150 valence electrons. The van der Waals surface area contributed by atoms with E-state index in [0.29, 0.717) is 51.8 Å². The van der Waals surface area contributed by atoms with Crippen molar-refractivity contribution in [3.8, 4) is 0 Å². The van der Waals surface area contributed by atoms with Crippen molar-refractivity contribution in [1.29, 1.82) is 0 Å². The van der Waals surface area contributed by atoms with E-state index in [1.165, 1.54) is 0 Å². The second kappa shape index (κ2) is 18.3. The van der Waals surface area contributed by atoms with Crippen molar-refractivity contribution in [3.63, 3.8) is 0 Å². The highest BCUT2D eigenvalue weighted by Gasteiger charge is 2.23. The second-order valence-electron chi connectivity index (χ2n) is 5.77. The van der Waals surface area contributed by atoms with Crippen molar-refractivity contribution in [2.24, 2.45) is 5.92 Å². The van der Waals surface area contributed by atoms with Gasteiger partial charge in [0.05, 0.1) is 46.2 Å². The fraction of sp³-hybridized carbons (Fsp3) is 0.947. The Bertz CT molecular complexity index is 294. The van der Waals surface area contributed by atoms with Crippen LogP contribution in [-0.4, -0.2) is 83.7 Å². The minimum absolute atomic E-state index is 0.289. The van der Waals surface area contributed by atoms with E-state index in [-0.39, 0.29) is 5.92 Å². The molecule has 0 unspecified atom stereocenters. The topological polar surface area (TPSA) is 57.2 Å². The quantitative estimate of drug-likeness (QED) is 0.443. The molecular weight excluding hydrogens is 322 g/mol. The first-order chi connectivity index (χ1) is 12.3. The minimum atomic E-state index is 0.289. The molecule has 1 heterocycles. The molecule has 1 saturated heterocycles. The van der Waals surface area contributed by atoms with Crippen LogP contribution in [0.5, 0.6) is 0 Å². The zero-order chi connectivity index (χ0) is 18.8. The molecule has 1 fully saturated rings. The summed E-state index contributed by atoms with van der Waals surface area (Å²) in [7, 11) is 1.66. The highest BCUT2D eigenvalue weighted by Crippen LogP contribution is 2.18. The molecule has 0 aromatic heterocycles. The summed E-state index contributed by atoms with van der Waals surface area (Å²) >= 11 is 0. The summed E-state index contributed by atoms with van der Waals surface area (Å²) in [6, 6.07) is 0. The molecule has 0 saturated carbocycles.